The number of nitrogens with zero attached hydrogens (tertiary/aromatic N) is 2. The van der Waals surface area contributed by atoms with Gasteiger partial charge < -0.3 is 14.2 Å². The zero-order valence-electron chi connectivity index (χ0n) is 11.5. The first kappa shape index (κ1) is 15.0. The monoisotopic (exact) mass is 332 g/mol. The molecule has 1 aromatic rings. The molecule has 1 aliphatic heterocycles. The van der Waals surface area contributed by atoms with E-state index in [-0.39, 0.29) is 6.29 Å². The van der Waals surface area contributed by atoms with E-state index in [1.54, 1.807) is 0 Å². The molecule has 0 saturated carbocycles. The van der Waals surface area contributed by atoms with Gasteiger partial charge in [0, 0.05) is 19.3 Å². The summed E-state index contributed by atoms with van der Waals surface area (Å²) in [6.45, 7) is 4.45. The van der Waals surface area contributed by atoms with Crippen LogP contribution in [0.1, 0.15) is 30.7 Å². The number of hydrogen-bond acceptors (Lipinski definition) is 4. The van der Waals surface area contributed by atoms with Gasteiger partial charge in [0.15, 0.2) is 6.29 Å². The highest BCUT2D eigenvalue weighted by atomic mass is 79.9. The van der Waals surface area contributed by atoms with E-state index >= 15 is 0 Å². The first-order valence-corrected chi connectivity index (χ1v) is 7.46. The van der Waals surface area contributed by atoms with Gasteiger partial charge >= 0.3 is 0 Å². The average Bonchev–Trinajstić information content (AvgIpc) is 2.67. The zero-order valence-corrected chi connectivity index (χ0v) is 13.1. The van der Waals surface area contributed by atoms with Crippen LogP contribution in [0.4, 0.5) is 0 Å². The van der Waals surface area contributed by atoms with Crippen LogP contribution in [0.5, 0.6) is 0 Å². The maximum Gasteiger partial charge on any atom is 0.157 e. The standard InChI is InChI=1S/C13H21BrN2O3/c1-10-13(14)11(15-16(10)2)9-17-7-8-19-12-5-3-4-6-18-12/h12H,3-9H2,1-2H3. The van der Waals surface area contributed by atoms with Crippen molar-refractivity contribution >= 4 is 15.9 Å². The molecule has 6 heteroatoms. The fourth-order valence-corrected chi connectivity index (χ4v) is 2.44. The van der Waals surface area contributed by atoms with Gasteiger partial charge in [-0.2, -0.15) is 5.10 Å². The highest BCUT2D eigenvalue weighted by Gasteiger charge is 2.14. The molecule has 1 aliphatic rings. The summed E-state index contributed by atoms with van der Waals surface area (Å²) >= 11 is 3.52. The molecule has 1 saturated heterocycles. The number of aromatic nitrogens is 2. The van der Waals surface area contributed by atoms with Gasteiger partial charge in [0.05, 0.1) is 24.3 Å². The summed E-state index contributed by atoms with van der Waals surface area (Å²) in [7, 11) is 1.92. The predicted octanol–water partition coefficient (Wildman–Crippen LogP) is 2.55. The minimum atomic E-state index is -0.0406. The van der Waals surface area contributed by atoms with Crippen LogP contribution >= 0.6 is 15.9 Å². The Morgan fingerprint density at radius 1 is 1.42 bits per heavy atom. The van der Waals surface area contributed by atoms with E-state index in [0.29, 0.717) is 19.8 Å². The molecule has 0 bridgehead atoms. The Hall–Kier alpha value is -0.430. The molecular formula is C13H21BrN2O3. The van der Waals surface area contributed by atoms with Gasteiger partial charge in [-0.15, -0.1) is 0 Å². The Labute approximate surface area is 122 Å². The van der Waals surface area contributed by atoms with Crippen molar-refractivity contribution in [3.05, 3.63) is 15.9 Å². The summed E-state index contributed by atoms with van der Waals surface area (Å²) in [6.07, 6.45) is 3.28. The first-order valence-electron chi connectivity index (χ1n) is 6.67. The topological polar surface area (TPSA) is 45.5 Å². The van der Waals surface area contributed by atoms with Crippen molar-refractivity contribution in [2.24, 2.45) is 7.05 Å². The second-order valence-electron chi connectivity index (χ2n) is 4.69. The maximum absolute atomic E-state index is 5.60. The van der Waals surface area contributed by atoms with Crippen molar-refractivity contribution in [3.63, 3.8) is 0 Å². The molecule has 0 aromatic carbocycles. The van der Waals surface area contributed by atoms with Gasteiger partial charge in [-0.1, -0.05) is 0 Å². The SMILES string of the molecule is Cc1c(Br)c(COCCOC2CCCCO2)nn1C. The smallest absolute Gasteiger partial charge is 0.157 e. The van der Waals surface area contributed by atoms with Crippen LogP contribution < -0.4 is 0 Å². The lowest BCUT2D eigenvalue weighted by molar-refractivity contribution is -0.169. The number of rotatable bonds is 6. The van der Waals surface area contributed by atoms with E-state index < -0.39 is 0 Å². The first-order chi connectivity index (χ1) is 9.18. The van der Waals surface area contributed by atoms with Crippen LogP contribution in [0.2, 0.25) is 0 Å². The molecule has 0 aliphatic carbocycles. The summed E-state index contributed by atoms with van der Waals surface area (Å²) in [5.41, 5.74) is 2.03. The van der Waals surface area contributed by atoms with Crippen molar-refractivity contribution in [2.45, 2.75) is 39.1 Å². The minimum Gasteiger partial charge on any atom is -0.373 e. The van der Waals surface area contributed by atoms with E-state index in [1.165, 1.54) is 6.42 Å². The molecule has 108 valence electrons. The van der Waals surface area contributed by atoms with Gasteiger partial charge in [0.1, 0.15) is 5.69 Å². The van der Waals surface area contributed by atoms with Crippen LogP contribution in [0.25, 0.3) is 0 Å². The third-order valence-electron chi connectivity index (χ3n) is 3.24. The summed E-state index contributed by atoms with van der Waals surface area (Å²) in [6, 6.07) is 0. The Morgan fingerprint density at radius 3 is 2.89 bits per heavy atom. The molecule has 1 unspecified atom stereocenters. The Kier molecular flexibility index (Phi) is 5.81. The molecule has 1 fully saturated rings. The third-order valence-corrected chi connectivity index (χ3v) is 4.27. The molecule has 0 N–H and O–H groups in total. The molecule has 0 radical (unpaired) electrons. The summed E-state index contributed by atoms with van der Waals surface area (Å²) < 4.78 is 19.5. The number of hydrogen-bond donors (Lipinski definition) is 0. The van der Waals surface area contributed by atoms with Crippen molar-refractivity contribution in [2.75, 3.05) is 19.8 Å². The fourth-order valence-electron chi connectivity index (χ4n) is 1.99. The minimum absolute atomic E-state index is 0.0406. The highest BCUT2D eigenvalue weighted by molar-refractivity contribution is 9.10. The molecule has 1 atom stereocenters. The normalized spacial score (nSPS) is 19.8. The zero-order chi connectivity index (χ0) is 13.7. The summed E-state index contributed by atoms with van der Waals surface area (Å²) in [5, 5.41) is 4.38. The predicted molar refractivity (Wildman–Crippen MR) is 74.8 cm³/mol. The Bertz CT molecular complexity index is 403. The van der Waals surface area contributed by atoms with Gasteiger partial charge in [0.25, 0.3) is 0 Å². The molecular weight excluding hydrogens is 312 g/mol. The van der Waals surface area contributed by atoms with Gasteiger partial charge in [-0.3, -0.25) is 4.68 Å². The maximum atomic E-state index is 5.60. The van der Waals surface area contributed by atoms with Gasteiger partial charge in [-0.05, 0) is 42.1 Å². The number of halogens is 1. The Balaban J connectivity index is 1.62. The van der Waals surface area contributed by atoms with Crippen LogP contribution in [-0.4, -0.2) is 35.9 Å². The lowest BCUT2D eigenvalue weighted by Crippen LogP contribution is -2.23. The van der Waals surface area contributed by atoms with Crippen LogP contribution in [0.3, 0.4) is 0 Å². The second-order valence-corrected chi connectivity index (χ2v) is 5.48. The van der Waals surface area contributed by atoms with Crippen molar-refractivity contribution < 1.29 is 14.2 Å². The average molecular weight is 333 g/mol. The molecule has 19 heavy (non-hydrogen) atoms. The van der Waals surface area contributed by atoms with E-state index in [0.717, 1.165) is 35.3 Å². The fraction of sp³-hybridized carbons (Fsp3) is 0.769. The van der Waals surface area contributed by atoms with E-state index in [2.05, 4.69) is 21.0 Å². The van der Waals surface area contributed by atoms with E-state index in [1.807, 2.05) is 18.7 Å². The lowest BCUT2D eigenvalue weighted by Gasteiger charge is -2.22. The van der Waals surface area contributed by atoms with Gasteiger partial charge in [0.2, 0.25) is 0 Å². The molecule has 0 spiro atoms. The molecule has 2 heterocycles. The third kappa shape index (κ3) is 4.27. The molecule has 5 nitrogen and oxygen atoms in total. The van der Waals surface area contributed by atoms with Gasteiger partial charge in [-0.25, -0.2) is 0 Å². The van der Waals surface area contributed by atoms with Crippen LogP contribution in [0.15, 0.2) is 4.47 Å². The quantitative estimate of drug-likeness (QED) is 0.751. The van der Waals surface area contributed by atoms with Crippen molar-refractivity contribution in [3.8, 4) is 0 Å². The van der Waals surface area contributed by atoms with Crippen LogP contribution in [-0.2, 0) is 27.9 Å². The van der Waals surface area contributed by atoms with E-state index in [4.69, 9.17) is 14.2 Å². The second kappa shape index (κ2) is 7.38. The number of ether oxygens (including phenoxy) is 3. The molecule has 1 aromatic heterocycles. The van der Waals surface area contributed by atoms with E-state index in [9.17, 15) is 0 Å². The lowest BCUT2D eigenvalue weighted by atomic mass is 10.2. The highest BCUT2D eigenvalue weighted by Crippen LogP contribution is 2.20. The number of aryl methyl sites for hydroxylation is 1. The van der Waals surface area contributed by atoms with Crippen LogP contribution in [0, 0.1) is 6.92 Å². The Morgan fingerprint density at radius 2 is 2.26 bits per heavy atom. The molecule has 2 rings (SSSR count). The molecule has 0 amide bonds. The summed E-state index contributed by atoms with van der Waals surface area (Å²) in [5.74, 6) is 0. The van der Waals surface area contributed by atoms with Crippen molar-refractivity contribution in [1.29, 1.82) is 0 Å². The van der Waals surface area contributed by atoms with Crippen molar-refractivity contribution in [1.82, 2.24) is 9.78 Å². The summed E-state index contributed by atoms with van der Waals surface area (Å²) in [4.78, 5) is 0. The largest absolute Gasteiger partial charge is 0.373 e.